The Morgan fingerprint density at radius 2 is 1.63 bits per heavy atom. The average molecular weight is 410 g/mol. The number of nitrogens with one attached hydrogen (secondary N) is 1. The summed E-state index contributed by atoms with van der Waals surface area (Å²) >= 11 is 0. The molecule has 8 nitrogen and oxygen atoms in total. The molecule has 0 aliphatic carbocycles. The fourth-order valence-electron chi connectivity index (χ4n) is 3.01. The molecule has 2 aromatic rings. The van der Waals surface area contributed by atoms with Gasteiger partial charge in [-0.3, -0.25) is 14.9 Å². The number of urea groups is 1. The topological polar surface area (TPSA) is 94.2 Å². The second-order valence-electron chi connectivity index (χ2n) is 6.20. The van der Waals surface area contributed by atoms with Gasteiger partial charge in [-0.2, -0.15) is 0 Å². The van der Waals surface area contributed by atoms with Gasteiger partial charge in [-0.15, -0.1) is 0 Å². The maximum atomic E-state index is 13.1. The first-order chi connectivity index (χ1) is 14.5. The number of rotatable bonds is 7. The van der Waals surface area contributed by atoms with E-state index in [2.05, 4.69) is 5.32 Å². The van der Waals surface area contributed by atoms with Crippen molar-refractivity contribution in [3.63, 3.8) is 0 Å². The maximum absolute atomic E-state index is 13.1. The number of hydrogen-bond acceptors (Lipinski definition) is 6. The van der Waals surface area contributed by atoms with Gasteiger partial charge in [-0.05, 0) is 49.8 Å². The van der Waals surface area contributed by atoms with Crippen LogP contribution in [0.1, 0.15) is 19.4 Å². The van der Waals surface area contributed by atoms with Crippen LogP contribution in [0.3, 0.4) is 0 Å². The zero-order valence-electron chi connectivity index (χ0n) is 16.9. The van der Waals surface area contributed by atoms with Gasteiger partial charge in [0.2, 0.25) is 0 Å². The molecule has 1 heterocycles. The lowest BCUT2D eigenvalue weighted by Crippen LogP contribution is -2.54. The van der Waals surface area contributed by atoms with Gasteiger partial charge in [0.1, 0.15) is 11.3 Å². The SMILES string of the molecule is CCOc1cc(/C=C2\C(=O)NC(=O)N(c3ccccc3OCC)C2=O)ccc1OC. The van der Waals surface area contributed by atoms with E-state index in [0.717, 1.165) is 4.90 Å². The number of methoxy groups -OCH3 is 1. The molecule has 1 saturated heterocycles. The van der Waals surface area contributed by atoms with Crippen molar-refractivity contribution < 1.29 is 28.6 Å². The minimum atomic E-state index is -0.834. The lowest BCUT2D eigenvalue weighted by Gasteiger charge is -2.27. The third-order valence-electron chi connectivity index (χ3n) is 4.31. The van der Waals surface area contributed by atoms with Crippen LogP contribution in [0, 0.1) is 0 Å². The van der Waals surface area contributed by atoms with Gasteiger partial charge in [0.25, 0.3) is 11.8 Å². The van der Waals surface area contributed by atoms with Crippen LogP contribution in [0.5, 0.6) is 17.2 Å². The van der Waals surface area contributed by atoms with Crippen molar-refractivity contribution >= 4 is 29.6 Å². The first-order valence-electron chi connectivity index (χ1n) is 9.44. The molecule has 8 heteroatoms. The van der Waals surface area contributed by atoms with Crippen LogP contribution >= 0.6 is 0 Å². The first kappa shape index (κ1) is 20.9. The predicted octanol–water partition coefficient (Wildman–Crippen LogP) is 3.16. The molecule has 0 spiro atoms. The number of carbonyl (C=O) groups is 3. The minimum absolute atomic E-state index is 0.187. The molecule has 0 radical (unpaired) electrons. The third-order valence-corrected chi connectivity index (χ3v) is 4.31. The molecule has 4 amide bonds. The highest BCUT2D eigenvalue weighted by Crippen LogP contribution is 2.32. The van der Waals surface area contributed by atoms with Gasteiger partial charge >= 0.3 is 6.03 Å². The number of nitrogens with zero attached hydrogens (tertiary/aromatic N) is 1. The number of amides is 4. The van der Waals surface area contributed by atoms with Crippen molar-refractivity contribution in [2.75, 3.05) is 25.2 Å². The fraction of sp³-hybridized carbons (Fsp3) is 0.227. The third kappa shape index (κ3) is 4.12. The summed E-state index contributed by atoms with van der Waals surface area (Å²) in [5, 5.41) is 2.21. The molecule has 156 valence electrons. The number of hydrogen-bond donors (Lipinski definition) is 1. The van der Waals surface area contributed by atoms with Crippen LogP contribution in [-0.2, 0) is 9.59 Å². The Balaban J connectivity index is 2.02. The van der Waals surface area contributed by atoms with Crippen LogP contribution in [0.25, 0.3) is 6.08 Å². The van der Waals surface area contributed by atoms with E-state index in [1.54, 1.807) is 49.4 Å². The fourth-order valence-corrected chi connectivity index (χ4v) is 3.01. The molecule has 0 aromatic heterocycles. The first-order valence-corrected chi connectivity index (χ1v) is 9.44. The van der Waals surface area contributed by atoms with E-state index < -0.39 is 17.8 Å². The number of benzene rings is 2. The van der Waals surface area contributed by atoms with Crippen LogP contribution < -0.4 is 24.4 Å². The summed E-state index contributed by atoms with van der Waals surface area (Å²) in [6.45, 7) is 4.41. The average Bonchev–Trinajstić information content (AvgIpc) is 2.73. The van der Waals surface area contributed by atoms with E-state index in [1.165, 1.54) is 13.2 Å². The molecule has 0 atom stereocenters. The number of imide groups is 2. The van der Waals surface area contributed by atoms with Crippen molar-refractivity contribution in [3.05, 3.63) is 53.6 Å². The zero-order valence-corrected chi connectivity index (χ0v) is 16.9. The summed E-state index contributed by atoms with van der Waals surface area (Å²) < 4.78 is 16.3. The Kier molecular flexibility index (Phi) is 6.36. The molecule has 30 heavy (non-hydrogen) atoms. The van der Waals surface area contributed by atoms with Crippen molar-refractivity contribution in [1.82, 2.24) is 5.32 Å². The lowest BCUT2D eigenvalue weighted by molar-refractivity contribution is -0.122. The van der Waals surface area contributed by atoms with E-state index in [1.807, 2.05) is 6.92 Å². The molecular formula is C22H22N2O6. The minimum Gasteiger partial charge on any atom is -0.493 e. The van der Waals surface area contributed by atoms with Crippen LogP contribution in [0.2, 0.25) is 0 Å². The molecule has 0 bridgehead atoms. The predicted molar refractivity (Wildman–Crippen MR) is 111 cm³/mol. The van der Waals surface area contributed by atoms with Gasteiger partial charge in [0.15, 0.2) is 11.5 Å². The van der Waals surface area contributed by atoms with Crippen LogP contribution in [-0.4, -0.2) is 38.2 Å². The summed E-state index contributed by atoms with van der Waals surface area (Å²) in [7, 11) is 1.52. The Morgan fingerprint density at radius 1 is 0.933 bits per heavy atom. The molecule has 1 N–H and O–H groups in total. The van der Waals surface area contributed by atoms with Gasteiger partial charge in [0, 0.05) is 0 Å². The highest BCUT2D eigenvalue weighted by atomic mass is 16.5. The molecule has 0 saturated carbocycles. The quantitative estimate of drug-likeness (QED) is 0.557. The summed E-state index contributed by atoms with van der Waals surface area (Å²) in [5.41, 5.74) is 0.614. The molecule has 1 fully saturated rings. The van der Waals surface area contributed by atoms with Crippen molar-refractivity contribution in [2.24, 2.45) is 0 Å². The van der Waals surface area contributed by atoms with Gasteiger partial charge in [-0.1, -0.05) is 18.2 Å². The van der Waals surface area contributed by atoms with E-state index in [0.29, 0.717) is 36.0 Å². The highest BCUT2D eigenvalue weighted by molar-refractivity contribution is 6.39. The number of anilines is 1. The Labute approximate surface area is 174 Å². The smallest absolute Gasteiger partial charge is 0.336 e. The largest absolute Gasteiger partial charge is 0.493 e. The summed E-state index contributed by atoms with van der Waals surface area (Å²) in [6, 6.07) is 10.8. The maximum Gasteiger partial charge on any atom is 0.336 e. The van der Waals surface area contributed by atoms with E-state index in [9.17, 15) is 14.4 Å². The van der Waals surface area contributed by atoms with E-state index >= 15 is 0 Å². The Morgan fingerprint density at radius 3 is 2.33 bits per heavy atom. The van der Waals surface area contributed by atoms with E-state index in [4.69, 9.17) is 14.2 Å². The summed E-state index contributed by atoms with van der Waals surface area (Å²) in [4.78, 5) is 38.9. The normalized spacial score (nSPS) is 15.2. The summed E-state index contributed by atoms with van der Waals surface area (Å²) in [6.07, 6.45) is 1.41. The Hall–Kier alpha value is -3.81. The standard InChI is InChI=1S/C22H22N2O6/c1-4-29-17-9-7-6-8-16(17)24-21(26)15(20(25)23-22(24)27)12-14-10-11-18(28-3)19(13-14)30-5-2/h6-13H,4-5H2,1-3H3,(H,23,25,27)/b15-12+. The van der Waals surface area contributed by atoms with Crippen molar-refractivity contribution in [2.45, 2.75) is 13.8 Å². The number of ether oxygens (including phenoxy) is 3. The second kappa shape index (κ2) is 9.13. The molecule has 3 rings (SSSR count). The number of barbiturate groups is 1. The highest BCUT2D eigenvalue weighted by Gasteiger charge is 2.38. The molecule has 1 aliphatic heterocycles. The van der Waals surface area contributed by atoms with Gasteiger partial charge in [0.05, 0.1) is 26.0 Å². The van der Waals surface area contributed by atoms with Crippen molar-refractivity contribution in [3.8, 4) is 17.2 Å². The number of carbonyl (C=O) groups excluding carboxylic acids is 3. The zero-order chi connectivity index (χ0) is 21.7. The molecular weight excluding hydrogens is 388 g/mol. The lowest BCUT2D eigenvalue weighted by atomic mass is 10.1. The molecule has 1 aliphatic rings. The summed E-state index contributed by atoms with van der Waals surface area (Å²) in [5.74, 6) is -0.151. The van der Waals surface area contributed by atoms with Gasteiger partial charge in [-0.25, -0.2) is 9.69 Å². The molecule has 2 aromatic carbocycles. The monoisotopic (exact) mass is 410 g/mol. The van der Waals surface area contributed by atoms with Crippen LogP contribution in [0.4, 0.5) is 10.5 Å². The van der Waals surface area contributed by atoms with Gasteiger partial charge < -0.3 is 14.2 Å². The Bertz CT molecular complexity index is 1010. The van der Waals surface area contributed by atoms with Crippen LogP contribution in [0.15, 0.2) is 48.0 Å². The van der Waals surface area contributed by atoms with E-state index in [-0.39, 0.29) is 11.3 Å². The van der Waals surface area contributed by atoms with Crippen molar-refractivity contribution in [1.29, 1.82) is 0 Å². The second-order valence-corrected chi connectivity index (χ2v) is 6.20. The number of para-hydroxylation sites is 2. The molecule has 0 unspecified atom stereocenters.